The van der Waals surface area contributed by atoms with Gasteiger partial charge >= 0.3 is 0 Å². The highest BCUT2D eigenvalue weighted by atomic mass is 32.2. The molecule has 0 aliphatic rings. The molecule has 0 saturated heterocycles. The molecule has 0 saturated carbocycles. The lowest BCUT2D eigenvalue weighted by molar-refractivity contribution is 0.457. The van der Waals surface area contributed by atoms with Crippen LogP contribution in [0.2, 0.25) is 0 Å². The van der Waals surface area contributed by atoms with E-state index in [0.29, 0.717) is 6.54 Å². The Morgan fingerprint density at radius 3 is 2.06 bits per heavy atom. The van der Waals surface area contributed by atoms with Crippen LogP contribution < -0.4 is 11.6 Å². The van der Waals surface area contributed by atoms with Crippen LogP contribution in [0.5, 0.6) is 0 Å². The van der Waals surface area contributed by atoms with Gasteiger partial charge in [-0.3, -0.25) is 15.0 Å². The Balaban J connectivity index is 0.000000360. The zero-order chi connectivity index (χ0) is 14.3. The summed E-state index contributed by atoms with van der Waals surface area (Å²) in [5.74, 6) is 5.00. The van der Waals surface area contributed by atoms with Gasteiger partial charge in [0.05, 0.1) is 4.90 Å². The second-order valence-corrected chi connectivity index (χ2v) is 4.88. The standard InChI is InChI=1S/C7H8O3S.C3H10N4/c1-6-2-4-7(5-3-6)11(8,9)10;1-2-7(6)3(4)5/h2-5H,1H3,(H,8,9,10);2,6H2,1H3,(H3,4,5). The Bertz CT molecular complexity index is 484. The van der Waals surface area contributed by atoms with Gasteiger partial charge in [0.2, 0.25) is 5.96 Å². The van der Waals surface area contributed by atoms with Crippen molar-refractivity contribution in [3.8, 4) is 0 Å². The first-order valence-corrected chi connectivity index (χ1v) is 6.53. The molecule has 0 atom stereocenters. The summed E-state index contributed by atoms with van der Waals surface area (Å²) < 4.78 is 29.6. The number of benzene rings is 1. The zero-order valence-electron chi connectivity index (χ0n) is 10.3. The van der Waals surface area contributed by atoms with E-state index in [9.17, 15) is 8.42 Å². The normalized spacial score (nSPS) is 10.2. The van der Waals surface area contributed by atoms with Gasteiger partial charge < -0.3 is 5.73 Å². The Morgan fingerprint density at radius 1 is 1.39 bits per heavy atom. The highest BCUT2D eigenvalue weighted by Gasteiger charge is 2.06. The number of nitrogens with one attached hydrogen (secondary N) is 1. The van der Waals surface area contributed by atoms with E-state index in [1.54, 1.807) is 12.1 Å². The summed E-state index contributed by atoms with van der Waals surface area (Å²) in [5.41, 5.74) is 5.89. The minimum absolute atomic E-state index is 0.0666. The van der Waals surface area contributed by atoms with Crippen LogP contribution in [0.4, 0.5) is 0 Å². The predicted molar refractivity (Wildman–Crippen MR) is 69.5 cm³/mol. The maximum Gasteiger partial charge on any atom is 0.294 e. The van der Waals surface area contributed by atoms with Gasteiger partial charge in [0.25, 0.3) is 10.1 Å². The number of rotatable bonds is 2. The molecule has 1 aromatic rings. The van der Waals surface area contributed by atoms with Crippen molar-refractivity contribution in [2.45, 2.75) is 18.7 Å². The topological polar surface area (TPSA) is 133 Å². The molecule has 18 heavy (non-hydrogen) atoms. The second-order valence-electron chi connectivity index (χ2n) is 3.46. The first-order valence-electron chi connectivity index (χ1n) is 5.09. The van der Waals surface area contributed by atoms with Gasteiger partial charge in [-0.2, -0.15) is 8.42 Å². The minimum atomic E-state index is -4.02. The highest BCUT2D eigenvalue weighted by molar-refractivity contribution is 7.85. The largest absolute Gasteiger partial charge is 0.369 e. The van der Waals surface area contributed by atoms with Crippen molar-refractivity contribution < 1.29 is 13.0 Å². The molecule has 0 unspecified atom stereocenters. The first kappa shape index (κ1) is 16.4. The molecule has 6 N–H and O–H groups in total. The maximum atomic E-state index is 10.5. The lowest BCUT2D eigenvalue weighted by Gasteiger charge is -2.11. The number of hydrazine groups is 1. The van der Waals surface area contributed by atoms with Crippen molar-refractivity contribution in [1.82, 2.24) is 5.01 Å². The molecule has 0 fully saturated rings. The van der Waals surface area contributed by atoms with Crippen molar-refractivity contribution in [3.05, 3.63) is 29.8 Å². The third-order valence-electron chi connectivity index (χ3n) is 1.97. The number of aryl methyl sites for hydroxylation is 1. The molecule has 1 rings (SSSR count). The fourth-order valence-corrected chi connectivity index (χ4v) is 1.36. The molecule has 0 aromatic heterocycles. The van der Waals surface area contributed by atoms with Crippen molar-refractivity contribution in [1.29, 1.82) is 5.41 Å². The van der Waals surface area contributed by atoms with Gasteiger partial charge in [0.15, 0.2) is 0 Å². The quantitative estimate of drug-likeness (QED) is 0.202. The maximum absolute atomic E-state index is 10.5. The van der Waals surface area contributed by atoms with Gasteiger partial charge in [-0.25, -0.2) is 5.84 Å². The van der Waals surface area contributed by atoms with Gasteiger partial charge in [-0.1, -0.05) is 17.7 Å². The van der Waals surface area contributed by atoms with E-state index in [4.69, 9.17) is 21.5 Å². The number of nitrogens with two attached hydrogens (primary N) is 2. The lowest BCUT2D eigenvalue weighted by Crippen LogP contribution is -2.41. The Morgan fingerprint density at radius 2 is 1.83 bits per heavy atom. The summed E-state index contributed by atoms with van der Waals surface area (Å²) in [7, 11) is -4.02. The van der Waals surface area contributed by atoms with Crippen molar-refractivity contribution >= 4 is 16.1 Å². The highest BCUT2D eigenvalue weighted by Crippen LogP contribution is 2.08. The Labute approximate surface area is 107 Å². The molecule has 1 aromatic carbocycles. The van der Waals surface area contributed by atoms with Crippen molar-refractivity contribution in [2.75, 3.05) is 6.54 Å². The van der Waals surface area contributed by atoms with E-state index in [2.05, 4.69) is 0 Å². The third kappa shape index (κ3) is 6.18. The molecule has 7 nitrogen and oxygen atoms in total. The van der Waals surface area contributed by atoms with Crippen LogP contribution in [0.25, 0.3) is 0 Å². The summed E-state index contributed by atoms with van der Waals surface area (Å²) in [6, 6.07) is 5.99. The van der Waals surface area contributed by atoms with E-state index in [-0.39, 0.29) is 10.9 Å². The monoisotopic (exact) mass is 274 g/mol. The molecule has 0 bridgehead atoms. The molecular formula is C10H18N4O3S. The smallest absolute Gasteiger partial charge is 0.294 e. The molecule has 102 valence electrons. The van der Waals surface area contributed by atoms with E-state index < -0.39 is 10.1 Å². The van der Waals surface area contributed by atoms with E-state index in [0.717, 1.165) is 10.6 Å². The second kappa shape index (κ2) is 6.94. The summed E-state index contributed by atoms with van der Waals surface area (Å²) in [4.78, 5) is -0.0666. The molecular weight excluding hydrogens is 256 g/mol. The lowest BCUT2D eigenvalue weighted by atomic mass is 10.2. The molecule has 8 heteroatoms. The fourth-order valence-electron chi connectivity index (χ4n) is 0.881. The molecule has 0 heterocycles. The first-order chi connectivity index (χ1) is 8.18. The third-order valence-corrected chi connectivity index (χ3v) is 2.84. The van der Waals surface area contributed by atoms with Crippen LogP contribution in [0, 0.1) is 12.3 Å². The number of nitrogens with zero attached hydrogens (tertiary/aromatic N) is 1. The van der Waals surface area contributed by atoms with Gasteiger partial charge in [0.1, 0.15) is 0 Å². The average Bonchev–Trinajstić information content (AvgIpc) is 2.28. The summed E-state index contributed by atoms with van der Waals surface area (Å²) in [5, 5.41) is 7.83. The Kier molecular flexibility index (Phi) is 6.31. The van der Waals surface area contributed by atoms with Crippen molar-refractivity contribution in [2.24, 2.45) is 11.6 Å². The van der Waals surface area contributed by atoms with Crippen LogP contribution in [-0.4, -0.2) is 30.5 Å². The van der Waals surface area contributed by atoms with E-state index in [1.807, 2.05) is 13.8 Å². The molecule has 0 amide bonds. The molecule has 0 spiro atoms. The van der Waals surface area contributed by atoms with Crippen LogP contribution in [-0.2, 0) is 10.1 Å². The number of hydrogen-bond acceptors (Lipinski definition) is 4. The van der Waals surface area contributed by atoms with Crippen LogP contribution in [0.1, 0.15) is 12.5 Å². The van der Waals surface area contributed by atoms with Crippen molar-refractivity contribution in [3.63, 3.8) is 0 Å². The minimum Gasteiger partial charge on any atom is -0.369 e. The number of guanidine groups is 1. The van der Waals surface area contributed by atoms with Gasteiger partial charge in [-0.05, 0) is 26.0 Å². The summed E-state index contributed by atoms with van der Waals surface area (Å²) in [6.07, 6.45) is 0. The molecule has 0 aliphatic heterocycles. The zero-order valence-corrected chi connectivity index (χ0v) is 11.1. The predicted octanol–water partition coefficient (Wildman–Crippen LogP) is 0.317. The average molecular weight is 274 g/mol. The van der Waals surface area contributed by atoms with Crippen LogP contribution >= 0.6 is 0 Å². The van der Waals surface area contributed by atoms with E-state index >= 15 is 0 Å². The van der Waals surface area contributed by atoms with E-state index in [1.165, 1.54) is 12.1 Å². The molecule has 0 radical (unpaired) electrons. The van der Waals surface area contributed by atoms with Crippen LogP contribution in [0.3, 0.4) is 0 Å². The molecule has 0 aliphatic carbocycles. The summed E-state index contributed by atoms with van der Waals surface area (Å²) >= 11 is 0. The van der Waals surface area contributed by atoms with Gasteiger partial charge in [0, 0.05) is 6.54 Å². The van der Waals surface area contributed by atoms with Gasteiger partial charge in [-0.15, -0.1) is 0 Å². The SMILES string of the molecule is CCN(N)C(=N)N.Cc1ccc(S(=O)(=O)O)cc1. The number of hydrogen-bond donors (Lipinski definition) is 4. The van der Waals surface area contributed by atoms with Crippen LogP contribution in [0.15, 0.2) is 29.2 Å². The fraction of sp³-hybridized carbons (Fsp3) is 0.300. The Hall–Kier alpha value is -1.64. The summed E-state index contributed by atoms with van der Waals surface area (Å²) in [6.45, 7) is 4.24.